The van der Waals surface area contributed by atoms with E-state index >= 15 is 0 Å². The highest BCUT2D eigenvalue weighted by atomic mass is 127. The van der Waals surface area contributed by atoms with Gasteiger partial charge in [0.2, 0.25) is 0 Å². The van der Waals surface area contributed by atoms with Crippen molar-refractivity contribution in [1.29, 1.82) is 0 Å². The number of rotatable bonds is 3. The lowest BCUT2D eigenvalue weighted by Crippen LogP contribution is -2.06. The summed E-state index contributed by atoms with van der Waals surface area (Å²) in [5.74, 6) is 0.481. The van der Waals surface area contributed by atoms with E-state index in [2.05, 4.69) is 32.6 Å². The summed E-state index contributed by atoms with van der Waals surface area (Å²) < 4.78 is 1.19. The summed E-state index contributed by atoms with van der Waals surface area (Å²) in [6.45, 7) is 1.93. The Kier molecular flexibility index (Phi) is 4.06. The molecule has 1 N–H and O–H groups in total. The highest BCUT2D eigenvalue weighted by Crippen LogP contribution is 2.15. The molecule has 0 saturated carbocycles. The maximum atomic E-state index is 10.0. The van der Waals surface area contributed by atoms with Gasteiger partial charge in [0.05, 0.1) is 0 Å². The largest absolute Gasteiger partial charge is 0.385 e. The lowest BCUT2D eigenvalue weighted by Gasteiger charge is -2.09. The molecule has 0 spiro atoms. The predicted octanol–water partition coefficient (Wildman–Crippen LogP) is 2.67. The quantitative estimate of drug-likeness (QED) is 0.874. The number of aryl methyl sites for hydroxylation is 1. The molecule has 0 amide bonds. The zero-order chi connectivity index (χ0) is 12.3. The number of hydrogen-bond acceptors (Lipinski definition) is 3. The highest BCUT2D eigenvalue weighted by molar-refractivity contribution is 14.1. The van der Waals surface area contributed by atoms with Gasteiger partial charge in [-0.15, -0.1) is 0 Å². The molecule has 1 unspecified atom stereocenters. The zero-order valence-electron chi connectivity index (χ0n) is 9.47. The Hall–Kier alpha value is -1.01. The van der Waals surface area contributed by atoms with Crippen LogP contribution in [0, 0.1) is 10.5 Å². The first kappa shape index (κ1) is 12.4. The van der Waals surface area contributed by atoms with Crippen molar-refractivity contribution in [2.75, 3.05) is 0 Å². The number of aliphatic hydroxyl groups is 1. The molecule has 0 aliphatic rings. The van der Waals surface area contributed by atoms with Crippen molar-refractivity contribution < 1.29 is 5.11 Å². The number of nitrogens with zero attached hydrogens (tertiary/aromatic N) is 2. The fourth-order valence-electron chi connectivity index (χ4n) is 1.51. The van der Waals surface area contributed by atoms with Crippen LogP contribution in [0.2, 0.25) is 0 Å². The smallest absolute Gasteiger partial charge is 0.157 e. The third-order valence-electron chi connectivity index (χ3n) is 2.44. The topological polar surface area (TPSA) is 46.0 Å². The minimum absolute atomic E-state index is 0.481. The van der Waals surface area contributed by atoms with Crippen molar-refractivity contribution in [1.82, 2.24) is 9.97 Å². The lowest BCUT2D eigenvalue weighted by molar-refractivity contribution is 0.168. The van der Waals surface area contributed by atoms with Crippen molar-refractivity contribution in [3.63, 3.8) is 0 Å². The first-order valence-corrected chi connectivity index (χ1v) is 6.44. The summed E-state index contributed by atoms with van der Waals surface area (Å²) >= 11 is 2.26. The van der Waals surface area contributed by atoms with Crippen LogP contribution in [0.3, 0.4) is 0 Å². The second-order valence-electron chi connectivity index (χ2n) is 3.97. The third-order valence-corrected chi connectivity index (χ3v) is 3.16. The molecular formula is C13H13IN2O. The third kappa shape index (κ3) is 3.47. The van der Waals surface area contributed by atoms with E-state index in [1.54, 1.807) is 12.4 Å². The summed E-state index contributed by atoms with van der Waals surface area (Å²) in [7, 11) is 0. The number of aliphatic hydroxyl groups excluding tert-OH is 1. The molecule has 1 aromatic heterocycles. The van der Waals surface area contributed by atoms with Crippen LogP contribution in [0.4, 0.5) is 0 Å². The summed E-state index contributed by atoms with van der Waals surface area (Å²) in [6, 6.07) is 8.08. The van der Waals surface area contributed by atoms with Crippen molar-refractivity contribution in [2.24, 2.45) is 0 Å². The molecule has 0 bridgehead atoms. The van der Waals surface area contributed by atoms with E-state index in [0.717, 1.165) is 11.1 Å². The van der Waals surface area contributed by atoms with Gasteiger partial charge in [-0.3, -0.25) is 0 Å². The van der Waals surface area contributed by atoms with E-state index in [-0.39, 0.29) is 0 Å². The Bertz CT molecular complexity index is 482. The molecule has 2 aromatic rings. The summed E-state index contributed by atoms with van der Waals surface area (Å²) in [6.07, 6.45) is 3.34. The fourth-order valence-corrected chi connectivity index (χ4v) is 1.87. The monoisotopic (exact) mass is 340 g/mol. The van der Waals surface area contributed by atoms with Crippen LogP contribution in [-0.2, 0) is 6.42 Å². The number of halogens is 1. The second kappa shape index (κ2) is 5.55. The van der Waals surface area contributed by atoms with Gasteiger partial charge in [-0.1, -0.05) is 12.1 Å². The van der Waals surface area contributed by atoms with E-state index < -0.39 is 6.10 Å². The van der Waals surface area contributed by atoms with E-state index in [0.29, 0.717) is 12.2 Å². The average molecular weight is 340 g/mol. The number of benzene rings is 1. The van der Waals surface area contributed by atoms with Crippen LogP contribution >= 0.6 is 22.6 Å². The highest BCUT2D eigenvalue weighted by Gasteiger charge is 2.11. The van der Waals surface area contributed by atoms with Crippen LogP contribution in [0.25, 0.3) is 0 Å². The number of hydrogen-bond donors (Lipinski definition) is 1. The molecule has 2 rings (SSSR count). The second-order valence-corrected chi connectivity index (χ2v) is 5.21. The molecule has 0 radical (unpaired) electrons. The molecule has 0 saturated heterocycles. The Balaban J connectivity index is 2.08. The van der Waals surface area contributed by atoms with E-state index in [1.165, 1.54) is 3.57 Å². The SMILES string of the molecule is Cc1cnc(C(O)Cc2ccc(I)cc2)nc1. The van der Waals surface area contributed by atoms with E-state index in [9.17, 15) is 5.11 Å². The van der Waals surface area contributed by atoms with Gasteiger partial charge in [-0.25, -0.2) is 9.97 Å². The van der Waals surface area contributed by atoms with Gasteiger partial charge in [0.15, 0.2) is 5.82 Å². The van der Waals surface area contributed by atoms with Gasteiger partial charge in [0.25, 0.3) is 0 Å². The van der Waals surface area contributed by atoms with Crippen molar-refractivity contribution in [3.05, 3.63) is 57.2 Å². The molecule has 1 heterocycles. The van der Waals surface area contributed by atoms with Gasteiger partial charge in [0, 0.05) is 22.4 Å². The predicted molar refractivity (Wildman–Crippen MR) is 74.6 cm³/mol. The fraction of sp³-hybridized carbons (Fsp3) is 0.231. The van der Waals surface area contributed by atoms with Gasteiger partial charge >= 0.3 is 0 Å². The van der Waals surface area contributed by atoms with Gasteiger partial charge in [-0.2, -0.15) is 0 Å². The number of aromatic nitrogens is 2. The molecule has 0 fully saturated rings. The Morgan fingerprint density at radius 2 is 1.76 bits per heavy atom. The first-order chi connectivity index (χ1) is 8.15. The minimum atomic E-state index is -0.643. The van der Waals surface area contributed by atoms with Crippen LogP contribution in [-0.4, -0.2) is 15.1 Å². The van der Waals surface area contributed by atoms with Crippen molar-refractivity contribution in [2.45, 2.75) is 19.4 Å². The Morgan fingerprint density at radius 3 is 2.35 bits per heavy atom. The maximum Gasteiger partial charge on any atom is 0.157 e. The van der Waals surface area contributed by atoms with Crippen LogP contribution < -0.4 is 0 Å². The molecule has 4 heteroatoms. The van der Waals surface area contributed by atoms with E-state index in [4.69, 9.17) is 0 Å². The Morgan fingerprint density at radius 1 is 1.18 bits per heavy atom. The van der Waals surface area contributed by atoms with Crippen molar-refractivity contribution >= 4 is 22.6 Å². The molecule has 1 atom stereocenters. The van der Waals surface area contributed by atoms with Gasteiger partial charge in [0.1, 0.15) is 6.10 Å². The van der Waals surface area contributed by atoms with Crippen LogP contribution in [0.1, 0.15) is 23.1 Å². The van der Waals surface area contributed by atoms with Gasteiger partial charge in [-0.05, 0) is 52.8 Å². The molecule has 1 aromatic carbocycles. The van der Waals surface area contributed by atoms with Crippen molar-refractivity contribution in [3.8, 4) is 0 Å². The molecule has 17 heavy (non-hydrogen) atoms. The normalized spacial score (nSPS) is 12.4. The molecule has 0 aliphatic carbocycles. The first-order valence-electron chi connectivity index (χ1n) is 5.36. The summed E-state index contributed by atoms with van der Waals surface area (Å²) in [5, 5.41) is 10.0. The Labute approximate surface area is 114 Å². The molecule has 0 aliphatic heterocycles. The zero-order valence-corrected chi connectivity index (χ0v) is 11.6. The van der Waals surface area contributed by atoms with Crippen LogP contribution in [0.5, 0.6) is 0 Å². The average Bonchev–Trinajstić information content (AvgIpc) is 2.33. The molecular weight excluding hydrogens is 327 g/mol. The summed E-state index contributed by atoms with van der Waals surface area (Å²) in [4.78, 5) is 8.26. The lowest BCUT2D eigenvalue weighted by atomic mass is 10.1. The maximum absolute atomic E-state index is 10.0. The standard InChI is InChI=1S/C13H13IN2O/c1-9-7-15-13(16-8-9)12(17)6-10-2-4-11(14)5-3-10/h2-5,7-8,12,17H,6H2,1H3. The van der Waals surface area contributed by atoms with E-state index in [1.807, 2.05) is 31.2 Å². The summed E-state index contributed by atoms with van der Waals surface area (Å²) in [5.41, 5.74) is 2.08. The van der Waals surface area contributed by atoms with Crippen LogP contribution in [0.15, 0.2) is 36.7 Å². The molecule has 88 valence electrons. The minimum Gasteiger partial charge on any atom is -0.385 e. The van der Waals surface area contributed by atoms with Gasteiger partial charge < -0.3 is 5.11 Å². The molecule has 3 nitrogen and oxygen atoms in total.